The average molecular weight is 489 g/mol. The minimum Gasteiger partial charge on any atom is -0.378 e. The Labute approximate surface area is 185 Å². The Kier molecular flexibility index (Phi) is 6.35. The van der Waals surface area contributed by atoms with Crippen LogP contribution in [0, 0.1) is 11.7 Å². The van der Waals surface area contributed by atoms with E-state index in [0.29, 0.717) is 0 Å². The van der Waals surface area contributed by atoms with E-state index in [1.807, 2.05) is 5.48 Å². The Balaban J connectivity index is 2.20. The summed E-state index contributed by atoms with van der Waals surface area (Å²) in [5.41, 5.74) is 0.444. The molecule has 1 aromatic rings. The number of nitrogens with one attached hydrogen (secondary N) is 1. The molecule has 164 valence electrons. The summed E-state index contributed by atoms with van der Waals surface area (Å²) in [5.74, 6) is -1.57. The third-order valence-corrected chi connectivity index (χ3v) is 6.28. The second kappa shape index (κ2) is 8.22. The highest BCUT2D eigenvalue weighted by molar-refractivity contribution is 6.42. The Morgan fingerprint density at radius 1 is 1.27 bits per heavy atom. The van der Waals surface area contributed by atoms with Crippen LogP contribution in [0.3, 0.4) is 0 Å². The second-order valence-electron chi connectivity index (χ2n) is 7.26. The quantitative estimate of drug-likeness (QED) is 0.228. The van der Waals surface area contributed by atoms with Crippen molar-refractivity contribution in [2.75, 3.05) is 13.1 Å². The summed E-state index contributed by atoms with van der Waals surface area (Å²) in [6, 6.07) is 1.93. The lowest BCUT2D eigenvalue weighted by Crippen LogP contribution is -2.48. The number of quaternary nitrogens is 1. The second-order valence-corrected chi connectivity index (χ2v) is 8.40. The number of nitrogens with zero attached hydrogens (tertiary/aromatic N) is 1. The third-order valence-electron chi connectivity index (χ3n) is 5.11. The summed E-state index contributed by atoms with van der Waals surface area (Å²) in [6.45, 7) is 2.87. The van der Waals surface area contributed by atoms with Gasteiger partial charge in [-0.2, -0.15) is 18.7 Å². The van der Waals surface area contributed by atoms with Crippen LogP contribution in [0.2, 0.25) is 5.02 Å². The van der Waals surface area contributed by atoms with Crippen LogP contribution >= 0.6 is 34.8 Å². The maximum Gasteiger partial charge on any atom is 0.469 e. The monoisotopic (exact) mass is 487 g/mol. The highest BCUT2D eigenvalue weighted by Crippen LogP contribution is 2.55. The van der Waals surface area contributed by atoms with Crippen LogP contribution in [0.25, 0.3) is 5.57 Å². The molecule has 4 nitrogen and oxygen atoms in total. The lowest BCUT2D eigenvalue weighted by atomic mass is 10.1. The van der Waals surface area contributed by atoms with Crippen LogP contribution in [0.1, 0.15) is 32.3 Å². The number of halogens is 7. The van der Waals surface area contributed by atoms with Gasteiger partial charge in [-0.3, -0.25) is 4.79 Å². The minimum atomic E-state index is -4.78. The molecule has 3 rings (SSSR count). The fourth-order valence-corrected chi connectivity index (χ4v) is 4.74. The standard InChI is InChI=1S/C19H17Cl3F4N2O2/c1-3-28(8-10-4-5-10)17(19(24,25)26)16(21)15(18(28)22)11-6-14(30-27-9(2)29)12(20)7-13(11)23/h6-7,10H,3-5,8H2,1-2H3/p+1. The number of allylic oxidation sites excluding steroid dienone is 3. The van der Waals surface area contributed by atoms with Gasteiger partial charge in [-0.15, -0.1) is 0 Å². The molecule has 2 aliphatic rings. The first kappa shape index (κ1) is 23.2. The van der Waals surface area contributed by atoms with Crippen molar-refractivity contribution in [1.82, 2.24) is 5.48 Å². The van der Waals surface area contributed by atoms with Gasteiger partial charge in [0.2, 0.25) is 16.8 Å². The minimum absolute atomic E-state index is 0.00560. The number of hydrogen-bond donors (Lipinski definition) is 1. The first-order chi connectivity index (χ1) is 13.9. The van der Waals surface area contributed by atoms with E-state index in [4.69, 9.17) is 39.6 Å². The van der Waals surface area contributed by atoms with E-state index in [2.05, 4.69) is 0 Å². The van der Waals surface area contributed by atoms with Gasteiger partial charge in [-0.1, -0.05) is 23.2 Å². The third kappa shape index (κ3) is 4.15. The van der Waals surface area contributed by atoms with E-state index in [0.717, 1.165) is 25.0 Å². The Bertz CT molecular complexity index is 958. The summed E-state index contributed by atoms with van der Waals surface area (Å²) < 4.78 is 56.2. The molecule has 1 fully saturated rings. The molecule has 1 N–H and O–H groups in total. The van der Waals surface area contributed by atoms with Gasteiger partial charge in [0.25, 0.3) is 0 Å². The van der Waals surface area contributed by atoms with Gasteiger partial charge in [0.05, 0.1) is 23.7 Å². The lowest BCUT2D eigenvalue weighted by molar-refractivity contribution is -0.854. The molecule has 1 unspecified atom stereocenters. The fourth-order valence-electron chi connectivity index (χ4n) is 3.57. The maximum absolute atomic E-state index is 14.8. The van der Waals surface area contributed by atoms with Crippen molar-refractivity contribution in [3.05, 3.63) is 44.4 Å². The molecule has 0 bridgehead atoms. The van der Waals surface area contributed by atoms with Crippen LogP contribution < -0.4 is 10.3 Å². The summed E-state index contributed by atoms with van der Waals surface area (Å²) in [7, 11) is 0. The summed E-state index contributed by atoms with van der Waals surface area (Å²) in [6.07, 6.45) is -3.18. The molecule has 1 aromatic carbocycles. The largest absolute Gasteiger partial charge is 0.469 e. The van der Waals surface area contributed by atoms with Gasteiger partial charge in [0, 0.05) is 18.4 Å². The number of rotatable bonds is 6. The van der Waals surface area contributed by atoms with Gasteiger partial charge in [0.15, 0.2) is 5.75 Å². The number of benzene rings is 1. The van der Waals surface area contributed by atoms with Crippen molar-refractivity contribution in [2.24, 2.45) is 5.92 Å². The maximum atomic E-state index is 14.8. The van der Waals surface area contributed by atoms with E-state index >= 15 is 0 Å². The predicted octanol–water partition coefficient (Wildman–Crippen LogP) is 6.09. The summed E-state index contributed by atoms with van der Waals surface area (Å²) >= 11 is 18.7. The number of amides is 1. The van der Waals surface area contributed by atoms with E-state index < -0.39 is 33.1 Å². The van der Waals surface area contributed by atoms with Crippen LogP contribution in [0.5, 0.6) is 5.75 Å². The molecule has 30 heavy (non-hydrogen) atoms. The zero-order valence-electron chi connectivity index (χ0n) is 16.0. The molecule has 0 spiro atoms. The smallest absolute Gasteiger partial charge is 0.378 e. The summed E-state index contributed by atoms with van der Waals surface area (Å²) in [4.78, 5) is 16.1. The van der Waals surface area contributed by atoms with Gasteiger partial charge < -0.3 is 4.84 Å². The molecule has 1 amide bonds. The molecular formula is C19H18Cl3F4N2O2+. The van der Waals surface area contributed by atoms with E-state index in [1.165, 1.54) is 6.92 Å². The number of alkyl halides is 3. The first-order valence-corrected chi connectivity index (χ1v) is 10.2. The zero-order valence-corrected chi connectivity index (χ0v) is 18.2. The van der Waals surface area contributed by atoms with E-state index in [9.17, 15) is 22.4 Å². The van der Waals surface area contributed by atoms with Crippen molar-refractivity contribution < 1.29 is 31.7 Å². The van der Waals surface area contributed by atoms with Crippen molar-refractivity contribution in [3.63, 3.8) is 0 Å². The highest BCUT2D eigenvalue weighted by Gasteiger charge is 2.60. The van der Waals surface area contributed by atoms with Crippen molar-refractivity contribution in [2.45, 2.75) is 32.9 Å². The van der Waals surface area contributed by atoms with Crippen LogP contribution in [0.15, 0.2) is 28.0 Å². The molecule has 0 saturated heterocycles. The van der Waals surface area contributed by atoms with Crippen molar-refractivity contribution >= 4 is 46.3 Å². The Hall–Kier alpha value is -1.48. The van der Waals surface area contributed by atoms with Gasteiger partial charge in [0.1, 0.15) is 10.8 Å². The summed E-state index contributed by atoms with van der Waals surface area (Å²) in [5, 5.41) is -1.07. The first-order valence-electron chi connectivity index (χ1n) is 9.10. The Morgan fingerprint density at radius 2 is 1.90 bits per heavy atom. The van der Waals surface area contributed by atoms with E-state index in [-0.39, 0.29) is 46.1 Å². The molecule has 11 heteroatoms. The molecular weight excluding hydrogens is 471 g/mol. The molecule has 1 heterocycles. The molecule has 0 radical (unpaired) electrons. The van der Waals surface area contributed by atoms with Gasteiger partial charge in [-0.25, -0.2) is 8.87 Å². The molecule has 1 saturated carbocycles. The lowest BCUT2D eigenvalue weighted by Gasteiger charge is -2.35. The van der Waals surface area contributed by atoms with Crippen molar-refractivity contribution in [1.29, 1.82) is 0 Å². The van der Waals surface area contributed by atoms with Crippen LogP contribution in [-0.2, 0) is 4.79 Å². The van der Waals surface area contributed by atoms with Crippen LogP contribution in [0.4, 0.5) is 17.6 Å². The van der Waals surface area contributed by atoms with Crippen molar-refractivity contribution in [3.8, 4) is 5.75 Å². The number of hydroxylamine groups is 1. The molecule has 1 aliphatic heterocycles. The molecule has 0 aromatic heterocycles. The van der Waals surface area contributed by atoms with Gasteiger partial charge >= 0.3 is 6.18 Å². The SMILES string of the molecule is CC[N+]1(CC2CC2)C(Cl)=C(c2cc(ONC(C)=O)c(Cl)cc2F)C(Cl)=C1C(F)(F)F. The van der Waals surface area contributed by atoms with Gasteiger partial charge in [-0.05, 0) is 43.5 Å². The highest BCUT2D eigenvalue weighted by atomic mass is 35.5. The zero-order chi connectivity index (χ0) is 22.4. The topological polar surface area (TPSA) is 38.3 Å². The number of carbonyl (C=O) groups is 1. The van der Waals surface area contributed by atoms with E-state index in [1.54, 1.807) is 6.92 Å². The molecule has 1 atom stereocenters. The predicted molar refractivity (Wildman–Crippen MR) is 106 cm³/mol. The number of hydrogen-bond acceptors (Lipinski definition) is 2. The average Bonchev–Trinajstić information content (AvgIpc) is 3.40. The normalized spacial score (nSPS) is 22.0. The molecule has 1 aliphatic carbocycles. The fraction of sp³-hybridized carbons (Fsp3) is 0.421. The van der Waals surface area contributed by atoms with Crippen LogP contribution in [-0.4, -0.2) is 29.7 Å². The Morgan fingerprint density at radius 3 is 2.40 bits per heavy atom. The number of carbonyl (C=O) groups excluding carboxylic acids is 1.